The summed E-state index contributed by atoms with van der Waals surface area (Å²) in [5, 5.41) is 4.20. The zero-order valence-electron chi connectivity index (χ0n) is 13.5. The van der Waals surface area contributed by atoms with Crippen LogP contribution < -0.4 is 4.90 Å². The van der Waals surface area contributed by atoms with Gasteiger partial charge in [-0.05, 0) is 19.9 Å². The Morgan fingerprint density at radius 3 is 2.48 bits per heavy atom. The molecule has 1 aliphatic heterocycles. The van der Waals surface area contributed by atoms with Gasteiger partial charge in [0.2, 0.25) is 0 Å². The monoisotopic (exact) mass is 318 g/mol. The van der Waals surface area contributed by atoms with Crippen LogP contribution in [-0.4, -0.2) is 56.7 Å². The summed E-state index contributed by atoms with van der Waals surface area (Å²) in [5.74, 6) is -0.136. The van der Waals surface area contributed by atoms with Crippen molar-refractivity contribution < 1.29 is 9.18 Å². The smallest absolute Gasteiger partial charge is 0.272 e. The largest absolute Gasteiger partial charge is 0.351 e. The molecule has 2 aromatic heterocycles. The molecule has 1 amide bonds. The number of rotatable bonds is 2. The van der Waals surface area contributed by atoms with Crippen LogP contribution in [0.15, 0.2) is 12.4 Å². The quantitative estimate of drug-likeness (QED) is 0.824. The minimum Gasteiger partial charge on any atom is -0.351 e. The van der Waals surface area contributed by atoms with Crippen LogP contribution in [0.5, 0.6) is 0 Å². The summed E-state index contributed by atoms with van der Waals surface area (Å²) in [7, 11) is 1.76. The van der Waals surface area contributed by atoms with Crippen LogP contribution in [0.25, 0.3) is 0 Å². The SMILES string of the molecule is Cc1cc(C(=O)N2CCN(c3ncnc(C)c3F)CC2)n(C)n1. The van der Waals surface area contributed by atoms with Gasteiger partial charge in [0.25, 0.3) is 5.91 Å². The van der Waals surface area contributed by atoms with Crippen LogP contribution in [0.1, 0.15) is 21.9 Å². The van der Waals surface area contributed by atoms with Gasteiger partial charge in [0.1, 0.15) is 12.0 Å². The van der Waals surface area contributed by atoms with Crippen molar-refractivity contribution in [1.82, 2.24) is 24.6 Å². The standard InChI is InChI=1S/C15H19FN6O/c1-10-8-12(20(3)19-10)15(23)22-6-4-21(5-7-22)14-13(16)11(2)17-9-18-14/h8-9H,4-7H2,1-3H3. The van der Waals surface area contributed by atoms with Crippen molar-refractivity contribution in [3.8, 4) is 0 Å². The average molecular weight is 318 g/mol. The number of hydrogen-bond acceptors (Lipinski definition) is 5. The number of anilines is 1. The predicted octanol–water partition coefficient (Wildman–Crippen LogP) is 0.928. The van der Waals surface area contributed by atoms with Crippen LogP contribution in [0.2, 0.25) is 0 Å². The summed E-state index contributed by atoms with van der Waals surface area (Å²) in [6.07, 6.45) is 1.36. The van der Waals surface area contributed by atoms with Crippen molar-refractivity contribution in [2.45, 2.75) is 13.8 Å². The summed E-state index contributed by atoms with van der Waals surface area (Å²) < 4.78 is 15.7. The van der Waals surface area contributed by atoms with Crippen LogP contribution in [0.3, 0.4) is 0 Å². The molecule has 1 saturated heterocycles. The van der Waals surface area contributed by atoms with Gasteiger partial charge >= 0.3 is 0 Å². The van der Waals surface area contributed by atoms with E-state index in [1.165, 1.54) is 6.33 Å². The van der Waals surface area contributed by atoms with Gasteiger partial charge in [-0.25, -0.2) is 14.4 Å². The van der Waals surface area contributed by atoms with Gasteiger partial charge in [0.05, 0.1) is 11.4 Å². The molecule has 1 aliphatic rings. The average Bonchev–Trinajstić information content (AvgIpc) is 2.88. The van der Waals surface area contributed by atoms with Crippen molar-refractivity contribution in [3.05, 3.63) is 35.3 Å². The molecule has 3 rings (SSSR count). The Morgan fingerprint density at radius 1 is 1.17 bits per heavy atom. The Hall–Kier alpha value is -2.51. The van der Waals surface area contributed by atoms with Gasteiger partial charge < -0.3 is 9.80 Å². The van der Waals surface area contributed by atoms with Crippen LogP contribution in [-0.2, 0) is 7.05 Å². The second-order valence-electron chi connectivity index (χ2n) is 5.67. The van der Waals surface area contributed by atoms with Crippen LogP contribution in [0, 0.1) is 19.7 Å². The van der Waals surface area contributed by atoms with Gasteiger partial charge in [-0.1, -0.05) is 0 Å². The van der Waals surface area contributed by atoms with Crippen molar-refractivity contribution >= 4 is 11.7 Å². The number of piperazine rings is 1. The fourth-order valence-electron chi connectivity index (χ4n) is 2.76. The lowest BCUT2D eigenvalue weighted by Gasteiger charge is -2.35. The molecule has 0 bridgehead atoms. The molecule has 0 atom stereocenters. The highest BCUT2D eigenvalue weighted by atomic mass is 19.1. The summed E-state index contributed by atoms with van der Waals surface area (Å²) in [6.45, 7) is 5.59. The second-order valence-corrected chi connectivity index (χ2v) is 5.67. The number of aromatic nitrogens is 4. The third-order valence-electron chi connectivity index (χ3n) is 4.03. The Labute approximate surface area is 133 Å². The Bertz CT molecular complexity index is 736. The molecule has 0 saturated carbocycles. The molecule has 1 fully saturated rings. The zero-order valence-corrected chi connectivity index (χ0v) is 13.5. The molecule has 0 unspecified atom stereocenters. The number of amides is 1. The van der Waals surface area contributed by atoms with E-state index >= 15 is 0 Å². The molecule has 7 nitrogen and oxygen atoms in total. The normalized spacial score (nSPS) is 15.1. The lowest BCUT2D eigenvalue weighted by molar-refractivity contribution is 0.0735. The highest BCUT2D eigenvalue weighted by molar-refractivity contribution is 5.92. The van der Waals surface area contributed by atoms with Gasteiger partial charge in [-0.15, -0.1) is 0 Å². The first-order valence-corrected chi connectivity index (χ1v) is 7.49. The molecular formula is C15H19FN6O. The summed E-state index contributed by atoms with van der Waals surface area (Å²) in [6, 6.07) is 1.78. The summed E-state index contributed by atoms with van der Waals surface area (Å²) in [5.41, 5.74) is 1.71. The van der Waals surface area contributed by atoms with E-state index in [1.807, 2.05) is 11.8 Å². The fourth-order valence-corrected chi connectivity index (χ4v) is 2.76. The number of hydrogen-bond donors (Lipinski definition) is 0. The maximum absolute atomic E-state index is 14.1. The first-order chi connectivity index (χ1) is 11.0. The topological polar surface area (TPSA) is 67.2 Å². The molecule has 0 aliphatic carbocycles. The minimum atomic E-state index is -0.394. The van der Waals surface area contributed by atoms with Gasteiger partial charge in [0.15, 0.2) is 11.6 Å². The second kappa shape index (κ2) is 5.94. The Balaban J connectivity index is 1.70. The van der Waals surface area contributed by atoms with Crippen molar-refractivity contribution in [3.63, 3.8) is 0 Å². The first kappa shape index (κ1) is 15.4. The number of carbonyl (C=O) groups excluding carboxylic acids is 1. The van der Waals surface area contributed by atoms with E-state index in [0.717, 1.165) is 5.69 Å². The number of aryl methyl sites for hydroxylation is 3. The summed E-state index contributed by atoms with van der Waals surface area (Å²) in [4.78, 5) is 24.0. The third kappa shape index (κ3) is 2.88. The van der Waals surface area contributed by atoms with Crippen molar-refractivity contribution in [2.75, 3.05) is 31.1 Å². The van der Waals surface area contributed by atoms with Crippen LogP contribution >= 0.6 is 0 Å². The van der Waals surface area contributed by atoms with Crippen LogP contribution in [0.4, 0.5) is 10.2 Å². The number of carbonyl (C=O) groups is 1. The van der Waals surface area contributed by atoms with E-state index in [0.29, 0.717) is 43.4 Å². The van der Waals surface area contributed by atoms with Gasteiger partial charge in [0, 0.05) is 33.2 Å². The van der Waals surface area contributed by atoms with E-state index in [9.17, 15) is 9.18 Å². The minimum absolute atomic E-state index is 0.0490. The lowest BCUT2D eigenvalue weighted by atomic mass is 10.2. The Kier molecular flexibility index (Phi) is 3.97. The highest BCUT2D eigenvalue weighted by Gasteiger charge is 2.26. The van der Waals surface area contributed by atoms with Crippen molar-refractivity contribution in [1.29, 1.82) is 0 Å². The first-order valence-electron chi connectivity index (χ1n) is 7.49. The van der Waals surface area contributed by atoms with Gasteiger partial charge in [-0.3, -0.25) is 9.48 Å². The zero-order chi connectivity index (χ0) is 16.6. The molecule has 122 valence electrons. The lowest BCUT2D eigenvalue weighted by Crippen LogP contribution is -2.49. The number of nitrogens with zero attached hydrogens (tertiary/aromatic N) is 6. The van der Waals surface area contributed by atoms with E-state index in [-0.39, 0.29) is 5.91 Å². The van der Waals surface area contributed by atoms with E-state index in [1.54, 1.807) is 29.6 Å². The molecule has 23 heavy (non-hydrogen) atoms. The molecule has 0 N–H and O–H groups in total. The highest BCUT2D eigenvalue weighted by Crippen LogP contribution is 2.19. The van der Waals surface area contributed by atoms with E-state index < -0.39 is 5.82 Å². The number of halogens is 1. The molecule has 2 aromatic rings. The molecule has 0 radical (unpaired) electrons. The maximum atomic E-state index is 14.1. The molecule has 3 heterocycles. The third-order valence-corrected chi connectivity index (χ3v) is 4.03. The fraction of sp³-hybridized carbons (Fsp3) is 0.467. The molecule has 0 spiro atoms. The maximum Gasteiger partial charge on any atom is 0.272 e. The van der Waals surface area contributed by atoms with E-state index in [2.05, 4.69) is 15.1 Å². The Morgan fingerprint density at radius 2 is 1.87 bits per heavy atom. The van der Waals surface area contributed by atoms with Crippen molar-refractivity contribution in [2.24, 2.45) is 7.05 Å². The van der Waals surface area contributed by atoms with E-state index in [4.69, 9.17) is 0 Å². The van der Waals surface area contributed by atoms with Gasteiger partial charge in [-0.2, -0.15) is 5.10 Å². The predicted molar refractivity (Wildman–Crippen MR) is 82.8 cm³/mol. The summed E-state index contributed by atoms with van der Waals surface area (Å²) >= 11 is 0. The molecule has 0 aromatic carbocycles. The molecular weight excluding hydrogens is 299 g/mol. The molecule has 8 heteroatoms.